The summed E-state index contributed by atoms with van der Waals surface area (Å²) in [5.41, 5.74) is 0.943. The lowest BCUT2D eigenvalue weighted by Gasteiger charge is -1.90. The highest BCUT2D eigenvalue weighted by Crippen LogP contribution is 2.16. The van der Waals surface area contributed by atoms with Gasteiger partial charge in [0.2, 0.25) is 0 Å². The Morgan fingerprint density at radius 2 is 2.07 bits per heavy atom. The predicted molar refractivity (Wildman–Crippen MR) is 54.9 cm³/mol. The number of nitrogens with zero attached hydrogens (tertiary/aromatic N) is 2. The lowest BCUT2D eigenvalue weighted by molar-refractivity contribution is 0.0691. The molecule has 0 spiro atoms. The van der Waals surface area contributed by atoms with E-state index in [0.717, 1.165) is 5.52 Å². The largest absolute Gasteiger partial charge is 0.476 e. The van der Waals surface area contributed by atoms with Crippen LogP contribution in [0.15, 0.2) is 24.3 Å². The van der Waals surface area contributed by atoms with Crippen LogP contribution in [0.3, 0.4) is 0 Å². The van der Waals surface area contributed by atoms with Crippen molar-refractivity contribution in [1.29, 1.82) is 0 Å². The van der Waals surface area contributed by atoms with E-state index >= 15 is 0 Å². The highest BCUT2D eigenvalue weighted by atomic mass is 35.5. The number of benzene rings is 1. The van der Waals surface area contributed by atoms with Crippen molar-refractivity contribution in [3.05, 3.63) is 30.0 Å². The summed E-state index contributed by atoms with van der Waals surface area (Å²) in [6.07, 6.45) is 0. The van der Waals surface area contributed by atoms with Crippen molar-refractivity contribution < 1.29 is 9.90 Å². The average molecular weight is 213 g/mol. The Balaban J connectivity index is 0.000000980. The number of halogens is 1. The van der Waals surface area contributed by atoms with Crippen LogP contribution in [-0.2, 0) is 7.05 Å². The van der Waals surface area contributed by atoms with Crippen molar-refractivity contribution in [1.82, 2.24) is 9.78 Å². The monoisotopic (exact) mass is 212 g/mol. The maximum atomic E-state index is 10.8. The lowest BCUT2D eigenvalue weighted by atomic mass is 10.2. The first-order chi connectivity index (χ1) is 6.20. The maximum Gasteiger partial charge on any atom is 0.357 e. The van der Waals surface area contributed by atoms with Gasteiger partial charge in [0.05, 0.1) is 5.52 Å². The number of carboxylic acid groups (broad SMARTS) is 1. The molecular weight excluding hydrogens is 204 g/mol. The van der Waals surface area contributed by atoms with E-state index in [-0.39, 0.29) is 18.1 Å². The molecule has 0 amide bonds. The fourth-order valence-electron chi connectivity index (χ4n) is 1.37. The molecule has 1 aromatic carbocycles. The van der Waals surface area contributed by atoms with E-state index in [0.29, 0.717) is 5.39 Å². The molecule has 0 bridgehead atoms. The third-order valence-corrected chi connectivity index (χ3v) is 1.96. The van der Waals surface area contributed by atoms with E-state index < -0.39 is 5.97 Å². The van der Waals surface area contributed by atoms with Crippen LogP contribution in [0.25, 0.3) is 10.9 Å². The molecule has 2 aromatic rings. The van der Waals surface area contributed by atoms with Gasteiger partial charge >= 0.3 is 5.97 Å². The number of carbonyl (C=O) groups is 1. The second-order valence-electron chi connectivity index (χ2n) is 2.79. The molecule has 0 unspecified atom stereocenters. The number of hydrogen-bond acceptors (Lipinski definition) is 2. The molecule has 0 aliphatic heterocycles. The number of aromatic carboxylic acids is 1. The van der Waals surface area contributed by atoms with Gasteiger partial charge in [-0.2, -0.15) is 5.10 Å². The van der Waals surface area contributed by atoms with Gasteiger partial charge in [-0.3, -0.25) is 4.68 Å². The standard InChI is InChI=1S/C9H8N2O2.ClH/c1-11-7-5-3-2-4-6(7)8(10-11)9(12)13;/h2-5H,1H3,(H,12,13);1H. The van der Waals surface area contributed by atoms with E-state index in [9.17, 15) is 4.79 Å². The van der Waals surface area contributed by atoms with Crippen LogP contribution >= 0.6 is 12.4 Å². The molecular formula is C9H9ClN2O2. The van der Waals surface area contributed by atoms with Crippen molar-refractivity contribution >= 4 is 29.3 Å². The minimum absolute atomic E-state index is 0. The summed E-state index contributed by atoms with van der Waals surface area (Å²) in [6, 6.07) is 7.26. The summed E-state index contributed by atoms with van der Waals surface area (Å²) in [5, 5.41) is 13.4. The van der Waals surface area contributed by atoms with Crippen molar-refractivity contribution in [2.24, 2.45) is 7.05 Å². The molecule has 0 aliphatic rings. The first-order valence-corrected chi connectivity index (χ1v) is 3.85. The SMILES string of the molecule is Cl.Cn1nc(C(=O)O)c2ccccc21. The summed E-state index contributed by atoms with van der Waals surface area (Å²) in [5.74, 6) is -0.989. The molecule has 0 saturated heterocycles. The van der Waals surface area contributed by atoms with E-state index in [1.165, 1.54) is 0 Å². The van der Waals surface area contributed by atoms with Gasteiger partial charge in [0.25, 0.3) is 0 Å². The summed E-state index contributed by atoms with van der Waals surface area (Å²) in [4.78, 5) is 10.8. The Kier molecular flexibility index (Phi) is 2.76. The molecule has 2 rings (SSSR count). The number of hydrogen-bond donors (Lipinski definition) is 1. The van der Waals surface area contributed by atoms with Crippen molar-refractivity contribution in [3.63, 3.8) is 0 Å². The van der Waals surface area contributed by atoms with Gasteiger partial charge in [-0.05, 0) is 6.07 Å². The van der Waals surface area contributed by atoms with Gasteiger partial charge in [-0.1, -0.05) is 18.2 Å². The molecule has 74 valence electrons. The van der Waals surface area contributed by atoms with Crippen LogP contribution in [-0.4, -0.2) is 20.9 Å². The fraction of sp³-hybridized carbons (Fsp3) is 0.111. The first-order valence-electron chi connectivity index (χ1n) is 3.85. The predicted octanol–water partition coefficient (Wildman–Crippen LogP) is 1.69. The Morgan fingerprint density at radius 3 is 2.71 bits per heavy atom. The molecule has 0 radical (unpaired) electrons. The van der Waals surface area contributed by atoms with Crippen molar-refractivity contribution in [2.45, 2.75) is 0 Å². The number of rotatable bonds is 1. The van der Waals surface area contributed by atoms with E-state index in [4.69, 9.17) is 5.11 Å². The molecule has 0 saturated carbocycles. The smallest absolute Gasteiger partial charge is 0.357 e. The minimum atomic E-state index is -0.989. The van der Waals surface area contributed by atoms with Gasteiger partial charge in [-0.15, -0.1) is 12.4 Å². The molecule has 5 heteroatoms. The first kappa shape index (κ1) is 10.5. The van der Waals surface area contributed by atoms with Gasteiger partial charge < -0.3 is 5.11 Å². The summed E-state index contributed by atoms with van der Waals surface area (Å²) in [6.45, 7) is 0. The van der Waals surface area contributed by atoms with Gasteiger partial charge in [0, 0.05) is 12.4 Å². The zero-order chi connectivity index (χ0) is 9.42. The zero-order valence-electron chi connectivity index (χ0n) is 7.47. The average Bonchev–Trinajstić information content (AvgIpc) is 2.45. The van der Waals surface area contributed by atoms with Gasteiger partial charge in [-0.25, -0.2) is 4.79 Å². The van der Waals surface area contributed by atoms with Gasteiger partial charge in [0.1, 0.15) is 0 Å². The normalized spacial score (nSPS) is 9.79. The second kappa shape index (κ2) is 3.67. The minimum Gasteiger partial charge on any atom is -0.476 e. The number of fused-ring (bicyclic) bond motifs is 1. The molecule has 14 heavy (non-hydrogen) atoms. The molecule has 1 heterocycles. The number of aryl methyl sites for hydroxylation is 1. The van der Waals surface area contributed by atoms with Crippen LogP contribution in [0.1, 0.15) is 10.5 Å². The Morgan fingerprint density at radius 1 is 1.43 bits per heavy atom. The van der Waals surface area contributed by atoms with Crippen LogP contribution in [0.2, 0.25) is 0 Å². The summed E-state index contributed by atoms with van der Waals surface area (Å²) < 4.78 is 1.57. The zero-order valence-corrected chi connectivity index (χ0v) is 8.28. The Hall–Kier alpha value is -1.55. The third kappa shape index (κ3) is 1.44. The highest BCUT2D eigenvalue weighted by molar-refractivity contribution is 6.01. The molecule has 0 fully saturated rings. The van der Waals surface area contributed by atoms with Crippen molar-refractivity contribution in [3.8, 4) is 0 Å². The van der Waals surface area contributed by atoms with Crippen LogP contribution in [0, 0.1) is 0 Å². The van der Waals surface area contributed by atoms with Crippen molar-refractivity contribution in [2.75, 3.05) is 0 Å². The number of para-hydroxylation sites is 1. The topological polar surface area (TPSA) is 55.1 Å². The third-order valence-electron chi connectivity index (χ3n) is 1.96. The van der Waals surface area contributed by atoms with Gasteiger partial charge in [0.15, 0.2) is 5.69 Å². The van der Waals surface area contributed by atoms with Crippen LogP contribution in [0.4, 0.5) is 0 Å². The Labute approximate surface area is 86.6 Å². The number of aromatic nitrogens is 2. The van der Waals surface area contributed by atoms with E-state index in [1.807, 2.05) is 12.1 Å². The van der Waals surface area contributed by atoms with Crippen LogP contribution < -0.4 is 0 Å². The molecule has 1 aromatic heterocycles. The molecule has 0 aliphatic carbocycles. The molecule has 0 atom stereocenters. The quantitative estimate of drug-likeness (QED) is 0.783. The maximum absolute atomic E-state index is 10.8. The summed E-state index contributed by atoms with van der Waals surface area (Å²) in [7, 11) is 1.73. The fourth-order valence-corrected chi connectivity index (χ4v) is 1.37. The molecule has 1 N–H and O–H groups in total. The second-order valence-corrected chi connectivity index (χ2v) is 2.79. The van der Waals surface area contributed by atoms with Crippen LogP contribution in [0.5, 0.6) is 0 Å². The highest BCUT2D eigenvalue weighted by Gasteiger charge is 2.13. The lowest BCUT2D eigenvalue weighted by Crippen LogP contribution is -1.99. The Bertz CT molecular complexity index is 479. The van der Waals surface area contributed by atoms with E-state index in [2.05, 4.69) is 5.10 Å². The van der Waals surface area contributed by atoms with E-state index in [1.54, 1.807) is 23.9 Å². The summed E-state index contributed by atoms with van der Waals surface area (Å²) >= 11 is 0. The number of carboxylic acids is 1. The molecule has 4 nitrogen and oxygen atoms in total.